The number of amides is 1. The second kappa shape index (κ2) is 5.61. The maximum atomic E-state index is 12.6. The molecule has 2 heterocycles. The highest BCUT2D eigenvalue weighted by molar-refractivity contribution is 9.10. The Labute approximate surface area is 135 Å². The molecular formula is C16H14BrNO4. The first kappa shape index (κ1) is 14.8. The van der Waals surface area contributed by atoms with Gasteiger partial charge in [0.15, 0.2) is 0 Å². The van der Waals surface area contributed by atoms with Crippen molar-refractivity contribution in [3.8, 4) is 0 Å². The molecule has 1 aromatic heterocycles. The first-order valence-electron chi connectivity index (χ1n) is 6.82. The summed E-state index contributed by atoms with van der Waals surface area (Å²) in [5, 5.41) is 9.49. The molecule has 0 aliphatic carbocycles. The van der Waals surface area contributed by atoms with Crippen LogP contribution >= 0.6 is 15.9 Å². The smallest absolute Gasteiger partial charge is 0.326 e. The van der Waals surface area contributed by atoms with Gasteiger partial charge >= 0.3 is 5.97 Å². The minimum atomic E-state index is -1.00. The Balaban J connectivity index is 1.99. The summed E-state index contributed by atoms with van der Waals surface area (Å²) in [5.41, 5.74) is 2.28. The molecule has 1 atom stereocenters. The largest absolute Gasteiger partial charge is 0.480 e. The number of carbonyl (C=O) groups excluding carboxylic acids is 1. The first-order chi connectivity index (χ1) is 10.5. The van der Waals surface area contributed by atoms with E-state index in [1.807, 2.05) is 18.2 Å². The van der Waals surface area contributed by atoms with Crippen molar-refractivity contribution < 1.29 is 19.1 Å². The molecule has 0 radical (unpaired) electrons. The number of fused-ring (bicyclic) bond motifs is 1. The predicted octanol–water partition coefficient (Wildman–Crippen LogP) is 3.00. The molecular weight excluding hydrogens is 350 g/mol. The highest BCUT2D eigenvalue weighted by Gasteiger charge is 2.36. The fraction of sp³-hybridized carbons (Fsp3) is 0.250. The van der Waals surface area contributed by atoms with Crippen LogP contribution in [0.3, 0.4) is 0 Å². The van der Waals surface area contributed by atoms with Gasteiger partial charge in [-0.1, -0.05) is 28.1 Å². The number of hydrogen-bond donors (Lipinski definition) is 1. The maximum Gasteiger partial charge on any atom is 0.326 e. The lowest BCUT2D eigenvalue weighted by atomic mass is 9.93. The number of rotatable bonds is 2. The van der Waals surface area contributed by atoms with Gasteiger partial charge in [0.1, 0.15) is 18.1 Å². The average molecular weight is 364 g/mol. The van der Waals surface area contributed by atoms with Gasteiger partial charge in [0, 0.05) is 17.4 Å². The Hall–Kier alpha value is -2.08. The fourth-order valence-corrected chi connectivity index (χ4v) is 3.30. The third-order valence-corrected chi connectivity index (χ3v) is 4.60. The molecule has 0 saturated heterocycles. The number of carboxylic acid groups (broad SMARTS) is 1. The van der Waals surface area contributed by atoms with Crippen LogP contribution in [-0.4, -0.2) is 27.9 Å². The van der Waals surface area contributed by atoms with E-state index in [1.54, 1.807) is 13.0 Å². The summed E-state index contributed by atoms with van der Waals surface area (Å²) in [6.07, 6.45) is 1.65. The van der Waals surface area contributed by atoms with Crippen molar-refractivity contribution in [3.63, 3.8) is 0 Å². The molecule has 1 unspecified atom stereocenters. The van der Waals surface area contributed by atoms with Crippen LogP contribution in [0.1, 0.15) is 27.2 Å². The summed E-state index contributed by atoms with van der Waals surface area (Å²) in [7, 11) is 0. The third kappa shape index (κ3) is 2.54. The molecule has 1 aliphatic heterocycles. The van der Waals surface area contributed by atoms with Crippen molar-refractivity contribution in [1.29, 1.82) is 0 Å². The Morgan fingerprint density at radius 3 is 2.82 bits per heavy atom. The van der Waals surface area contributed by atoms with E-state index < -0.39 is 12.0 Å². The van der Waals surface area contributed by atoms with Crippen LogP contribution in [0.5, 0.6) is 0 Å². The van der Waals surface area contributed by atoms with Gasteiger partial charge in [0.2, 0.25) is 0 Å². The van der Waals surface area contributed by atoms with Crippen molar-refractivity contribution in [3.05, 3.63) is 57.5 Å². The molecule has 114 valence electrons. The number of carboxylic acids is 1. The molecule has 0 spiro atoms. The molecule has 22 heavy (non-hydrogen) atoms. The van der Waals surface area contributed by atoms with E-state index in [-0.39, 0.29) is 18.9 Å². The summed E-state index contributed by atoms with van der Waals surface area (Å²) >= 11 is 3.45. The molecule has 2 aromatic rings. The SMILES string of the molecule is Cc1cc(C(=O)N2Cc3cccc(Br)c3CC2C(=O)O)co1. The lowest BCUT2D eigenvalue weighted by molar-refractivity contribution is -0.142. The van der Waals surface area contributed by atoms with Gasteiger partial charge in [0.25, 0.3) is 5.91 Å². The Morgan fingerprint density at radius 2 is 2.18 bits per heavy atom. The van der Waals surface area contributed by atoms with Gasteiger partial charge in [-0.2, -0.15) is 0 Å². The molecule has 1 aliphatic rings. The van der Waals surface area contributed by atoms with Gasteiger partial charge in [0.05, 0.1) is 5.56 Å². The van der Waals surface area contributed by atoms with E-state index in [1.165, 1.54) is 11.2 Å². The number of nitrogens with zero attached hydrogens (tertiary/aromatic N) is 1. The molecule has 5 nitrogen and oxygen atoms in total. The molecule has 1 aromatic carbocycles. The normalized spacial score (nSPS) is 17.2. The number of halogens is 1. The van der Waals surface area contributed by atoms with E-state index >= 15 is 0 Å². The van der Waals surface area contributed by atoms with Gasteiger partial charge in [-0.25, -0.2) is 4.79 Å². The van der Waals surface area contributed by atoms with Crippen LogP contribution in [0.2, 0.25) is 0 Å². The number of hydrogen-bond acceptors (Lipinski definition) is 3. The van der Waals surface area contributed by atoms with E-state index in [0.717, 1.165) is 15.6 Å². The average Bonchev–Trinajstić information content (AvgIpc) is 2.92. The quantitative estimate of drug-likeness (QED) is 0.890. The molecule has 0 bridgehead atoms. The Bertz CT molecular complexity index is 752. The van der Waals surface area contributed by atoms with Crippen molar-refractivity contribution in [2.75, 3.05) is 0 Å². The number of aliphatic carboxylic acids is 1. The second-order valence-corrected chi connectivity index (χ2v) is 6.17. The second-order valence-electron chi connectivity index (χ2n) is 5.31. The topological polar surface area (TPSA) is 70.8 Å². The molecule has 3 rings (SSSR count). The summed E-state index contributed by atoms with van der Waals surface area (Å²) in [6, 6.07) is 6.42. The van der Waals surface area contributed by atoms with E-state index in [9.17, 15) is 14.7 Å². The molecule has 6 heteroatoms. The molecule has 0 fully saturated rings. The Kier molecular flexibility index (Phi) is 3.78. The van der Waals surface area contributed by atoms with E-state index in [2.05, 4.69) is 15.9 Å². The third-order valence-electron chi connectivity index (χ3n) is 3.85. The van der Waals surface area contributed by atoms with Gasteiger partial charge in [-0.05, 0) is 30.2 Å². The van der Waals surface area contributed by atoms with Crippen LogP contribution in [-0.2, 0) is 17.8 Å². The lowest BCUT2D eigenvalue weighted by Gasteiger charge is -2.34. The summed E-state index contributed by atoms with van der Waals surface area (Å²) < 4.78 is 6.04. The highest BCUT2D eigenvalue weighted by Crippen LogP contribution is 2.30. The van der Waals surface area contributed by atoms with Crippen LogP contribution in [0.15, 0.2) is 39.4 Å². The summed E-state index contributed by atoms with van der Waals surface area (Å²) in [4.78, 5) is 25.6. The van der Waals surface area contributed by atoms with Crippen LogP contribution in [0, 0.1) is 6.92 Å². The van der Waals surface area contributed by atoms with Gasteiger partial charge < -0.3 is 14.4 Å². The maximum absolute atomic E-state index is 12.6. The fourth-order valence-electron chi connectivity index (χ4n) is 2.73. The summed E-state index contributed by atoms with van der Waals surface area (Å²) in [6.45, 7) is 2.02. The summed E-state index contributed by atoms with van der Waals surface area (Å²) in [5.74, 6) is -0.708. The highest BCUT2D eigenvalue weighted by atomic mass is 79.9. The zero-order valence-electron chi connectivity index (χ0n) is 11.9. The van der Waals surface area contributed by atoms with Crippen LogP contribution < -0.4 is 0 Å². The molecule has 1 amide bonds. The van der Waals surface area contributed by atoms with Gasteiger partial charge in [-0.15, -0.1) is 0 Å². The number of furan rings is 1. The predicted molar refractivity (Wildman–Crippen MR) is 82.6 cm³/mol. The Morgan fingerprint density at radius 1 is 1.41 bits per heavy atom. The number of benzene rings is 1. The zero-order chi connectivity index (χ0) is 15.9. The lowest BCUT2D eigenvalue weighted by Crippen LogP contribution is -2.48. The standard InChI is InChI=1S/C16H14BrNO4/c1-9-5-11(8-22-9)15(19)18-7-10-3-2-4-13(17)12(10)6-14(18)16(20)21/h2-5,8,14H,6-7H2,1H3,(H,20,21). The van der Waals surface area contributed by atoms with Crippen molar-refractivity contribution in [2.45, 2.75) is 25.9 Å². The van der Waals surface area contributed by atoms with Crippen LogP contribution in [0.25, 0.3) is 0 Å². The van der Waals surface area contributed by atoms with Crippen molar-refractivity contribution in [2.24, 2.45) is 0 Å². The van der Waals surface area contributed by atoms with E-state index in [4.69, 9.17) is 4.42 Å². The van der Waals surface area contributed by atoms with Crippen LogP contribution in [0.4, 0.5) is 0 Å². The van der Waals surface area contributed by atoms with Crippen molar-refractivity contribution in [1.82, 2.24) is 4.90 Å². The molecule has 1 N–H and O–H groups in total. The number of carbonyl (C=O) groups is 2. The van der Waals surface area contributed by atoms with E-state index in [0.29, 0.717) is 11.3 Å². The monoisotopic (exact) mass is 363 g/mol. The first-order valence-corrected chi connectivity index (χ1v) is 7.62. The number of aryl methyl sites for hydroxylation is 1. The minimum Gasteiger partial charge on any atom is -0.480 e. The van der Waals surface area contributed by atoms with Gasteiger partial charge in [-0.3, -0.25) is 4.79 Å². The zero-order valence-corrected chi connectivity index (χ0v) is 13.5. The molecule has 0 saturated carbocycles. The minimum absolute atomic E-state index is 0.273. The van der Waals surface area contributed by atoms with Crippen molar-refractivity contribution >= 4 is 27.8 Å².